The van der Waals surface area contributed by atoms with Crippen LogP contribution in [0.2, 0.25) is 0 Å². The van der Waals surface area contributed by atoms with Gasteiger partial charge in [-0.25, -0.2) is 4.79 Å². The van der Waals surface area contributed by atoms with Crippen molar-refractivity contribution in [3.05, 3.63) is 35.9 Å². The van der Waals surface area contributed by atoms with Crippen molar-refractivity contribution in [3.63, 3.8) is 0 Å². The molecule has 1 atom stereocenters. The molecule has 0 aromatic heterocycles. The number of hydrogen-bond donors (Lipinski definition) is 1. The van der Waals surface area contributed by atoms with Gasteiger partial charge in [-0.1, -0.05) is 30.3 Å². The van der Waals surface area contributed by atoms with Crippen molar-refractivity contribution in [2.75, 3.05) is 19.7 Å². The minimum atomic E-state index is -0.900. The Morgan fingerprint density at radius 1 is 1.23 bits per heavy atom. The zero-order valence-electron chi connectivity index (χ0n) is 15.5. The van der Waals surface area contributed by atoms with Gasteiger partial charge in [0.25, 0.3) is 0 Å². The smallest absolute Gasteiger partial charge is 0.408 e. The lowest BCUT2D eigenvalue weighted by Gasteiger charge is -2.27. The van der Waals surface area contributed by atoms with Gasteiger partial charge in [0.05, 0.1) is 18.8 Å². The molecule has 2 rings (SSSR count). The van der Waals surface area contributed by atoms with E-state index in [0.29, 0.717) is 13.0 Å². The molecule has 1 aromatic carbocycles. The maximum absolute atomic E-state index is 12.6. The fourth-order valence-electron chi connectivity index (χ4n) is 2.45. The lowest BCUT2D eigenvalue weighted by Crippen LogP contribution is -2.51. The second-order valence-electron chi connectivity index (χ2n) is 7.23. The lowest BCUT2D eigenvalue weighted by atomic mass is 10.2. The number of nitrogens with one attached hydrogen (secondary N) is 1. The van der Waals surface area contributed by atoms with E-state index in [1.807, 2.05) is 51.1 Å². The number of benzene rings is 1. The molecule has 0 spiro atoms. The summed E-state index contributed by atoms with van der Waals surface area (Å²) in [6.07, 6.45) is -0.355. The highest BCUT2D eigenvalue weighted by molar-refractivity contribution is 5.92. The van der Waals surface area contributed by atoms with Crippen molar-refractivity contribution < 1.29 is 23.9 Å². The summed E-state index contributed by atoms with van der Waals surface area (Å²) in [5.41, 5.74) is 0.385. The summed E-state index contributed by atoms with van der Waals surface area (Å²) in [7, 11) is 0. The third-order valence-corrected chi connectivity index (χ3v) is 3.83. The van der Waals surface area contributed by atoms with Crippen LogP contribution in [0.25, 0.3) is 0 Å². The highest BCUT2D eigenvalue weighted by Gasteiger charge is 2.32. The molecule has 0 aliphatic carbocycles. The maximum atomic E-state index is 12.6. The number of nitrogens with zero attached hydrogens (tertiary/aromatic N) is 1. The Bertz CT molecular complexity index is 639. The van der Waals surface area contributed by atoms with Crippen molar-refractivity contribution in [2.45, 2.75) is 45.4 Å². The number of amides is 2. The molecule has 1 saturated heterocycles. The first-order chi connectivity index (χ1) is 12.2. The summed E-state index contributed by atoms with van der Waals surface area (Å²) in [5, 5.41) is 2.56. The second kappa shape index (κ2) is 8.80. The van der Waals surface area contributed by atoms with Gasteiger partial charge in [0.1, 0.15) is 12.6 Å². The molecular weight excluding hydrogens is 336 g/mol. The van der Waals surface area contributed by atoms with Gasteiger partial charge in [0.2, 0.25) is 5.91 Å². The SMILES string of the molecule is CC(C)(C)OC[C@H](NC(=O)OCc1ccccc1)C(=O)N1CCC(=O)C1. The molecule has 1 aliphatic heterocycles. The Hall–Kier alpha value is -2.41. The van der Waals surface area contributed by atoms with Gasteiger partial charge >= 0.3 is 6.09 Å². The van der Waals surface area contributed by atoms with Crippen LogP contribution >= 0.6 is 0 Å². The number of ether oxygens (including phenoxy) is 2. The molecule has 0 radical (unpaired) electrons. The molecule has 2 amide bonds. The number of likely N-dealkylation sites (tertiary alicyclic amines) is 1. The first kappa shape index (κ1) is 19.9. The molecule has 1 aromatic rings. The first-order valence-electron chi connectivity index (χ1n) is 8.66. The van der Waals surface area contributed by atoms with E-state index < -0.39 is 17.7 Å². The van der Waals surface area contributed by atoms with E-state index in [1.54, 1.807) is 0 Å². The topological polar surface area (TPSA) is 84.9 Å². The molecule has 26 heavy (non-hydrogen) atoms. The third-order valence-electron chi connectivity index (χ3n) is 3.83. The van der Waals surface area contributed by atoms with Gasteiger partial charge in [-0.05, 0) is 26.3 Å². The zero-order chi connectivity index (χ0) is 19.2. The van der Waals surface area contributed by atoms with Crippen LogP contribution in [0.4, 0.5) is 4.79 Å². The standard InChI is InChI=1S/C19H26N2O5/c1-19(2,3)26-13-16(17(23)21-10-9-15(22)11-21)20-18(24)25-12-14-7-5-4-6-8-14/h4-8,16H,9-13H2,1-3H3,(H,20,24)/t16-/m0/s1. The first-order valence-corrected chi connectivity index (χ1v) is 8.66. The van der Waals surface area contributed by atoms with Crippen LogP contribution in [0.1, 0.15) is 32.8 Å². The minimum absolute atomic E-state index is 0.00740. The van der Waals surface area contributed by atoms with Gasteiger partial charge in [0, 0.05) is 13.0 Å². The molecule has 0 bridgehead atoms. The molecule has 7 heteroatoms. The molecule has 1 fully saturated rings. The molecule has 1 N–H and O–H groups in total. The van der Waals surface area contributed by atoms with E-state index in [2.05, 4.69) is 5.32 Å². The lowest BCUT2D eigenvalue weighted by molar-refractivity contribution is -0.136. The summed E-state index contributed by atoms with van der Waals surface area (Å²) >= 11 is 0. The van der Waals surface area contributed by atoms with Crippen LogP contribution < -0.4 is 5.32 Å². The van der Waals surface area contributed by atoms with Gasteiger partial charge in [0.15, 0.2) is 5.78 Å². The number of alkyl carbamates (subject to hydrolysis) is 1. The maximum Gasteiger partial charge on any atom is 0.408 e. The van der Waals surface area contributed by atoms with Crippen LogP contribution in [0, 0.1) is 0 Å². The Morgan fingerprint density at radius 2 is 1.92 bits per heavy atom. The van der Waals surface area contributed by atoms with E-state index in [0.717, 1.165) is 5.56 Å². The predicted molar refractivity (Wildman–Crippen MR) is 95.5 cm³/mol. The van der Waals surface area contributed by atoms with E-state index in [-0.39, 0.29) is 31.4 Å². The number of Topliss-reactive ketones (excluding diaryl/α,β-unsaturated/α-hetero) is 1. The van der Waals surface area contributed by atoms with Crippen LogP contribution in [0.15, 0.2) is 30.3 Å². The Balaban J connectivity index is 1.94. The van der Waals surface area contributed by atoms with Gasteiger partial charge < -0.3 is 19.7 Å². The molecule has 0 saturated carbocycles. The highest BCUT2D eigenvalue weighted by atomic mass is 16.5. The minimum Gasteiger partial charge on any atom is -0.445 e. The van der Waals surface area contributed by atoms with Gasteiger partial charge in [-0.3, -0.25) is 9.59 Å². The summed E-state index contributed by atoms with van der Waals surface area (Å²) < 4.78 is 10.8. The summed E-state index contributed by atoms with van der Waals surface area (Å²) in [5.74, 6) is -0.322. The van der Waals surface area contributed by atoms with Crippen molar-refractivity contribution in [1.29, 1.82) is 0 Å². The largest absolute Gasteiger partial charge is 0.445 e. The third kappa shape index (κ3) is 6.48. The zero-order valence-corrected chi connectivity index (χ0v) is 15.5. The predicted octanol–water partition coefficient (Wildman–Crippen LogP) is 1.90. The van der Waals surface area contributed by atoms with Crippen LogP contribution in [0.5, 0.6) is 0 Å². The number of carbonyl (C=O) groups excluding carboxylic acids is 3. The van der Waals surface area contributed by atoms with Gasteiger partial charge in [-0.15, -0.1) is 0 Å². The van der Waals surface area contributed by atoms with E-state index in [4.69, 9.17) is 9.47 Å². The van der Waals surface area contributed by atoms with Gasteiger partial charge in [-0.2, -0.15) is 0 Å². The van der Waals surface area contributed by atoms with E-state index >= 15 is 0 Å². The van der Waals surface area contributed by atoms with Crippen LogP contribution in [0.3, 0.4) is 0 Å². The second-order valence-corrected chi connectivity index (χ2v) is 7.23. The van der Waals surface area contributed by atoms with Crippen molar-refractivity contribution >= 4 is 17.8 Å². The Kier molecular flexibility index (Phi) is 6.74. The number of rotatable bonds is 6. The van der Waals surface area contributed by atoms with Crippen LogP contribution in [-0.2, 0) is 25.7 Å². The number of ketones is 1. The average molecular weight is 362 g/mol. The monoisotopic (exact) mass is 362 g/mol. The number of carbonyl (C=O) groups is 3. The van der Waals surface area contributed by atoms with E-state index in [9.17, 15) is 14.4 Å². The Morgan fingerprint density at radius 3 is 2.50 bits per heavy atom. The van der Waals surface area contributed by atoms with Crippen molar-refractivity contribution in [2.24, 2.45) is 0 Å². The fraction of sp³-hybridized carbons (Fsp3) is 0.526. The van der Waals surface area contributed by atoms with E-state index in [1.165, 1.54) is 4.90 Å². The number of hydrogen-bond acceptors (Lipinski definition) is 5. The summed E-state index contributed by atoms with van der Waals surface area (Å²) in [6.45, 7) is 6.14. The Labute approximate surface area is 153 Å². The molecule has 142 valence electrons. The summed E-state index contributed by atoms with van der Waals surface area (Å²) in [4.78, 5) is 37.6. The van der Waals surface area contributed by atoms with Crippen LogP contribution in [-0.4, -0.2) is 54.0 Å². The van der Waals surface area contributed by atoms with Crippen molar-refractivity contribution in [1.82, 2.24) is 10.2 Å². The average Bonchev–Trinajstić information content (AvgIpc) is 3.02. The summed E-state index contributed by atoms with van der Waals surface area (Å²) in [6, 6.07) is 8.36. The molecular formula is C19H26N2O5. The highest BCUT2D eigenvalue weighted by Crippen LogP contribution is 2.11. The molecule has 1 heterocycles. The molecule has 7 nitrogen and oxygen atoms in total. The quantitative estimate of drug-likeness (QED) is 0.835. The van der Waals surface area contributed by atoms with Crippen molar-refractivity contribution in [3.8, 4) is 0 Å². The fourth-order valence-corrected chi connectivity index (χ4v) is 2.45. The normalized spacial score (nSPS) is 15.7. The molecule has 1 aliphatic rings. The molecule has 0 unspecified atom stereocenters.